The van der Waals surface area contributed by atoms with Crippen LogP contribution in [0.4, 0.5) is 0 Å². The molecule has 1 unspecified atom stereocenters. The second kappa shape index (κ2) is 3.70. The highest BCUT2D eigenvalue weighted by Crippen LogP contribution is 1.95. The topological polar surface area (TPSA) is 36.7 Å². The molecular weight excluding hydrogens is 233 g/mol. The highest BCUT2D eigenvalue weighted by atomic mass is 127. The fraction of sp³-hybridized carbons (Fsp3) is 1.00. The lowest BCUT2D eigenvalue weighted by molar-refractivity contribution is -0.914. The lowest BCUT2D eigenvalue weighted by Gasteiger charge is -2.34. The van der Waals surface area contributed by atoms with Gasteiger partial charge in [-0.25, -0.2) is 0 Å². The number of ether oxygens (including phenoxy) is 1. The van der Waals surface area contributed by atoms with E-state index in [4.69, 9.17) is 4.74 Å². The molecule has 9 heavy (non-hydrogen) atoms. The van der Waals surface area contributed by atoms with Crippen LogP contribution in [-0.2, 0) is 4.74 Å². The summed E-state index contributed by atoms with van der Waals surface area (Å²) in [4.78, 5) is 0. The maximum Gasteiger partial charge on any atom is 0.195 e. The first-order valence-corrected chi connectivity index (χ1v) is 4.21. The number of alkyl halides is 1. The minimum atomic E-state index is -0.596. The molecule has 0 saturated carbocycles. The molecule has 0 aliphatic carbocycles. The van der Waals surface area contributed by atoms with Crippen molar-refractivity contribution in [3.05, 3.63) is 5.21 Å². The highest BCUT2D eigenvalue weighted by molar-refractivity contribution is 14.1. The van der Waals surface area contributed by atoms with Crippen molar-refractivity contribution in [1.82, 2.24) is 0 Å². The Morgan fingerprint density at radius 2 is 2.11 bits per heavy atom. The summed E-state index contributed by atoms with van der Waals surface area (Å²) in [5, 5.41) is 11.1. The van der Waals surface area contributed by atoms with E-state index in [1.54, 1.807) is 21.0 Å². The minimum absolute atomic E-state index is 0.130. The Balaban J connectivity index is 3.80. The molecule has 0 aromatic rings. The largest absolute Gasteiger partial charge is 0.632 e. The molecule has 0 aromatic carbocycles. The number of hydrogen-bond acceptors (Lipinski definition) is 2. The zero-order valence-corrected chi connectivity index (χ0v) is 8.06. The van der Waals surface area contributed by atoms with Gasteiger partial charge < -0.3 is 15.0 Å². The van der Waals surface area contributed by atoms with Crippen LogP contribution in [-0.4, -0.2) is 17.4 Å². The summed E-state index contributed by atoms with van der Waals surface area (Å²) in [5.74, 6) is 0. The first kappa shape index (κ1) is 9.61. The van der Waals surface area contributed by atoms with Crippen LogP contribution in [0.2, 0.25) is 0 Å². The van der Waals surface area contributed by atoms with Crippen LogP contribution < -0.4 is 5.06 Å². The van der Waals surface area contributed by atoms with E-state index in [9.17, 15) is 5.21 Å². The predicted octanol–water partition coefficient (Wildman–Crippen LogP) is 0.144. The number of rotatable bonds is 3. The molecule has 0 radical (unpaired) electrons. The lowest BCUT2D eigenvalue weighted by Crippen LogP contribution is -3.14. The molecule has 0 aromatic heterocycles. The minimum Gasteiger partial charge on any atom is -0.632 e. The molecule has 1 N–H and O–H groups in total. The van der Waals surface area contributed by atoms with E-state index >= 15 is 0 Å². The van der Waals surface area contributed by atoms with E-state index in [1.165, 1.54) is 0 Å². The lowest BCUT2D eigenvalue weighted by atomic mass is 10.3. The van der Waals surface area contributed by atoms with Crippen molar-refractivity contribution >= 4 is 22.6 Å². The number of halogens is 1. The Bertz CT molecular complexity index is 87.0. The van der Waals surface area contributed by atoms with Gasteiger partial charge in [-0.15, -0.1) is 0 Å². The number of quaternary nitrogens is 1. The molecule has 0 heterocycles. The SMILES string of the molecule is COC(C)(C)[NH+]([O-])CI. The zero-order chi connectivity index (χ0) is 7.49. The Labute approximate surface area is 69.1 Å². The molecule has 0 bridgehead atoms. The van der Waals surface area contributed by atoms with Gasteiger partial charge in [-0.1, -0.05) is 0 Å². The second-order valence-corrected chi connectivity index (χ2v) is 3.03. The third-order valence-electron chi connectivity index (χ3n) is 1.30. The molecule has 0 aliphatic rings. The van der Waals surface area contributed by atoms with Gasteiger partial charge in [0, 0.05) is 21.0 Å². The standard InChI is InChI=1S/C5H12INO2/c1-5(2,9-3)7(8)4-6/h7H,4H2,1-3H3. The van der Waals surface area contributed by atoms with Crippen LogP contribution in [0.5, 0.6) is 0 Å². The molecule has 3 nitrogen and oxygen atoms in total. The Morgan fingerprint density at radius 1 is 1.67 bits per heavy atom. The van der Waals surface area contributed by atoms with Crippen molar-refractivity contribution in [2.45, 2.75) is 19.6 Å². The molecule has 0 fully saturated rings. The van der Waals surface area contributed by atoms with Gasteiger partial charge in [-0.3, -0.25) is 0 Å². The van der Waals surface area contributed by atoms with Gasteiger partial charge in [-0.2, -0.15) is 0 Å². The van der Waals surface area contributed by atoms with Gasteiger partial charge in [0.05, 0.1) is 0 Å². The maximum atomic E-state index is 10.9. The van der Waals surface area contributed by atoms with Crippen molar-refractivity contribution in [2.24, 2.45) is 0 Å². The van der Waals surface area contributed by atoms with E-state index in [0.29, 0.717) is 4.55 Å². The molecular formula is C5H12INO2. The number of hydrogen-bond donors (Lipinski definition) is 1. The average Bonchev–Trinajstić information content (AvgIpc) is 1.86. The molecule has 0 aliphatic heterocycles. The fourth-order valence-corrected chi connectivity index (χ4v) is 1.19. The highest BCUT2D eigenvalue weighted by Gasteiger charge is 2.22. The summed E-state index contributed by atoms with van der Waals surface area (Å²) in [6.45, 7) is 3.54. The zero-order valence-electron chi connectivity index (χ0n) is 5.90. The Hall–Kier alpha value is 0.610. The molecule has 56 valence electrons. The third-order valence-corrected chi connectivity index (χ3v) is 2.00. The van der Waals surface area contributed by atoms with E-state index in [2.05, 4.69) is 0 Å². The molecule has 0 spiro atoms. The first-order valence-electron chi connectivity index (χ1n) is 2.69. The number of nitrogens with one attached hydrogen (secondary N) is 1. The normalized spacial score (nSPS) is 15.7. The third kappa shape index (κ3) is 2.79. The first-order chi connectivity index (χ1) is 4.04. The summed E-state index contributed by atoms with van der Waals surface area (Å²) in [5.41, 5.74) is -0.596. The van der Waals surface area contributed by atoms with Crippen molar-refractivity contribution < 1.29 is 9.80 Å². The van der Waals surface area contributed by atoms with E-state index in [-0.39, 0.29) is 5.06 Å². The van der Waals surface area contributed by atoms with E-state index in [1.807, 2.05) is 22.6 Å². The van der Waals surface area contributed by atoms with E-state index < -0.39 is 5.72 Å². The second-order valence-electron chi connectivity index (χ2n) is 2.27. The van der Waals surface area contributed by atoms with Gasteiger partial charge in [0.25, 0.3) is 0 Å². The monoisotopic (exact) mass is 245 g/mol. The fourth-order valence-electron chi connectivity index (χ4n) is 0.275. The summed E-state index contributed by atoms with van der Waals surface area (Å²) in [6.07, 6.45) is 0. The molecule has 4 heteroatoms. The van der Waals surface area contributed by atoms with Crippen LogP contribution in [0, 0.1) is 5.21 Å². The van der Waals surface area contributed by atoms with E-state index in [0.717, 1.165) is 0 Å². The van der Waals surface area contributed by atoms with Gasteiger partial charge in [0.2, 0.25) is 0 Å². The van der Waals surface area contributed by atoms with Crippen molar-refractivity contribution in [3.8, 4) is 0 Å². The summed E-state index contributed by atoms with van der Waals surface area (Å²) < 4.78 is 5.45. The predicted molar refractivity (Wildman–Crippen MR) is 44.3 cm³/mol. The van der Waals surface area contributed by atoms with Crippen LogP contribution in [0.3, 0.4) is 0 Å². The number of methoxy groups -OCH3 is 1. The Morgan fingerprint density at radius 3 is 2.22 bits per heavy atom. The van der Waals surface area contributed by atoms with Crippen molar-refractivity contribution in [3.63, 3.8) is 0 Å². The summed E-state index contributed by atoms with van der Waals surface area (Å²) >= 11 is 2.03. The van der Waals surface area contributed by atoms with Crippen LogP contribution in [0.1, 0.15) is 13.8 Å². The molecule has 0 amide bonds. The smallest absolute Gasteiger partial charge is 0.195 e. The average molecular weight is 245 g/mol. The quantitative estimate of drug-likeness (QED) is 0.252. The molecule has 1 atom stereocenters. The van der Waals surface area contributed by atoms with Crippen molar-refractivity contribution in [2.75, 3.05) is 11.7 Å². The van der Waals surface area contributed by atoms with Gasteiger partial charge >= 0.3 is 0 Å². The van der Waals surface area contributed by atoms with Gasteiger partial charge in [-0.05, 0) is 22.6 Å². The van der Waals surface area contributed by atoms with Gasteiger partial charge in [0.15, 0.2) is 5.72 Å². The van der Waals surface area contributed by atoms with Crippen LogP contribution in [0.15, 0.2) is 0 Å². The molecule has 0 saturated heterocycles. The van der Waals surface area contributed by atoms with Crippen LogP contribution >= 0.6 is 22.6 Å². The van der Waals surface area contributed by atoms with Crippen LogP contribution in [0.25, 0.3) is 0 Å². The molecule has 0 rings (SSSR count). The van der Waals surface area contributed by atoms with Crippen molar-refractivity contribution in [1.29, 1.82) is 0 Å². The Kier molecular flexibility index (Phi) is 3.95. The summed E-state index contributed by atoms with van der Waals surface area (Å²) in [7, 11) is 1.55. The maximum absolute atomic E-state index is 10.9. The van der Waals surface area contributed by atoms with Gasteiger partial charge in [0.1, 0.15) is 4.55 Å². The summed E-state index contributed by atoms with van der Waals surface area (Å²) in [6, 6.07) is 0. The number of hydroxylamine groups is 2.